The molecule has 0 aliphatic rings. The minimum atomic E-state index is 0.569. The van der Waals surface area contributed by atoms with Gasteiger partial charge in [0.1, 0.15) is 5.82 Å². The van der Waals surface area contributed by atoms with Crippen molar-refractivity contribution in [2.75, 3.05) is 17.7 Å². The predicted octanol–water partition coefficient (Wildman–Crippen LogP) is 2.07. The Kier molecular flexibility index (Phi) is 2.81. The van der Waals surface area contributed by atoms with Crippen molar-refractivity contribution in [1.82, 2.24) is 20.2 Å². The molecular weight excluding hydrogens is 248 g/mol. The number of anilines is 2. The Balaban J connectivity index is 1.92. The zero-order valence-electron chi connectivity index (χ0n) is 9.77. The van der Waals surface area contributed by atoms with Gasteiger partial charge in [-0.25, -0.2) is 0 Å². The van der Waals surface area contributed by atoms with E-state index in [1.807, 2.05) is 0 Å². The first-order valence-electron chi connectivity index (χ1n) is 5.50. The lowest BCUT2D eigenvalue weighted by Crippen LogP contribution is -2.04. The zero-order chi connectivity index (χ0) is 12.4. The van der Waals surface area contributed by atoms with Crippen LogP contribution in [0, 0.1) is 0 Å². The maximum absolute atomic E-state index is 4.40. The highest BCUT2D eigenvalue weighted by atomic mass is 32.1. The molecule has 0 radical (unpaired) electrons. The summed E-state index contributed by atoms with van der Waals surface area (Å²) in [6.45, 7) is 0.740. The average molecular weight is 260 g/mol. The summed E-state index contributed by atoms with van der Waals surface area (Å²) < 4.78 is 0. The summed E-state index contributed by atoms with van der Waals surface area (Å²) in [4.78, 5) is 8.68. The van der Waals surface area contributed by atoms with E-state index in [1.165, 1.54) is 5.56 Å². The molecule has 18 heavy (non-hydrogen) atoms. The van der Waals surface area contributed by atoms with Gasteiger partial charge in [-0.05, 0) is 22.4 Å². The molecule has 3 rings (SSSR count). The molecule has 7 heteroatoms. The van der Waals surface area contributed by atoms with Gasteiger partial charge in [0.15, 0.2) is 5.65 Å². The Bertz CT molecular complexity index is 645. The van der Waals surface area contributed by atoms with Gasteiger partial charge in [0, 0.05) is 13.6 Å². The topological polar surface area (TPSA) is 78.5 Å². The molecule has 0 saturated carbocycles. The molecule has 0 aromatic carbocycles. The first-order chi connectivity index (χ1) is 8.86. The number of H-pyrrole nitrogens is 1. The Morgan fingerprint density at radius 2 is 2.33 bits per heavy atom. The second-order valence-electron chi connectivity index (χ2n) is 3.76. The van der Waals surface area contributed by atoms with Gasteiger partial charge in [0.05, 0.1) is 11.6 Å². The molecule has 0 aliphatic heterocycles. The van der Waals surface area contributed by atoms with E-state index in [0.717, 1.165) is 23.4 Å². The van der Waals surface area contributed by atoms with Crippen molar-refractivity contribution in [2.45, 2.75) is 6.54 Å². The molecule has 0 atom stereocenters. The molecule has 0 unspecified atom stereocenters. The summed E-state index contributed by atoms with van der Waals surface area (Å²) in [5, 5.41) is 18.1. The van der Waals surface area contributed by atoms with Crippen molar-refractivity contribution in [3.63, 3.8) is 0 Å². The zero-order valence-corrected chi connectivity index (χ0v) is 10.6. The van der Waals surface area contributed by atoms with Crippen LogP contribution in [0.4, 0.5) is 11.8 Å². The lowest BCUT2D eigenvalue weighted by atomic mass is 10.3. The van der Waals surface area contributed by atoms with Crippen molar-refractivity contribution >= 4 is 34.1 Å². The Hall–Kier alpha value is -2.15. The van der Waals surface area contributed by atoms with Crippen molar-refractivity contribution in [1.29, 1.82) is 0 Å². The summed E-state index contributed by atoms with van der Waals surface area (Å²) in [5.74, 6) is 1.35. The third-order valence-electron chi connectivity index (χ3n) is 2.57. The second kappa shape index (κ2) is 4.61. The summed E-state index contributed by atoms with van der Waals surface area (Å²) in [7, 11) is 1.79. The number of aromatic amines is 1. The van der Waals surface area contributed by atoms with Gasteiger partial charge in [0.25, 0.3) is 0 Å². The highest BCUT2D eigenvalue weighted by Gasteiger charge is 2.08. The largest absolute Gasteiger partial charge is 0.365 e. The third kappa shape index (κ3) is 2.00. The molecule has 6 nitrogen and oxygen atoms in total. The minimum Gasteiger partial charge on any atom is -0.365 e. The number of rotatable bonds is 4. The number of nitrogens with zero attached hydrogens (tertiary/aromatic N) is 3. The fourth-order valence-corrected chi connectivity index (χ4v) is 2.33. The molecular formula is C11H12N6S. The van der Waals surface area contributed by atoms with E-state index in [2.05, 4.69) is 47.6 Å². The van der Waals surface area contributed by atoms with Crippen molar-refractivity contribution in [3.05, 3.63) is 28.6 Å². The van der Waals surface area contributed by atoms with E-state index in [1.54, 1.807) is 24.6 Å². The summed E-state index contributed by atoms with van der Waals surface area (Å²) in [5.41, 5.74) is 1.96. The van der Waals surface area contributed by atoms with Crippen LogP contribution >= 0.6 is 11.3 Å². The Morgan fingerprint density at radius 3 is 3.11 bits per heavy atom. The molecule has 0 fully saturated rings. The second-order valence-corrected chi connectivity index (χ2v) is 4.54. The lowest BCUT2D eigenvalue weighted by molar-refractivity contribution is 1.08. The fourth-order valence-electron chi connectivity index (χ4n) is 1.66. The molecule has 3 aromatic rings. The standard InChI is InChI=1S/C11H12N6S/c1-12-11-15-9(8-5-14-17-10(8)16-11)13-4-7-2-3-18-6-7/h2-3,5-6H,4H2,1H3,(H3,12,13,14,15,16,17). The van der Waals surface area contributed by atoms with E-state index in [9.17, 15) is 0 Å². The van der Waals surface area contributed by atoms with Crippen molar-refractivity contribution < 1.29 is 0 Å². The molecule has 92 valence electrons. The van der Waals surface area contributed by atoms with E-state index in [0.29, 0.717) is 5.95 Å². The Morgan fingerprint density at radius 1 is 1.39 bits per heavy atom. The van der Waals surface area contributed by atoms with E-state index in [-0.39, 0.29) is 0 Å². The van der Waals surface area contributed by atoms with Crippen LogP contribution in [-0.4, -0.2) is 27.2 Å². The van der Waals surface area contributed by atoms with Gasteiger partial charge in [-0.2, -0.15) is 26.4 Å². The van der Waals surface area contributed by atoms with Gasteiger partial charge in [-0.3, -0.25) is 5.10 Å². The van der Waals surface area contributed by atoms with Crippen LogP contribution in [0.15, 0.2) is 23.0 Å². The van der Waals surface area contributed by atoms with Gasteiger partial charge >= 0.3 is 0 Å². The smallest absolute Gasteiger partial charge is 0.226 e. The molecule has 0 bridgehead atoms. The number of aromatic nitrogens is 4. The van der Waals surface area contributed by atoms with Crippen LogP contribution in [0.1, 0.15) is 5.56 Å². The molecule has 3 heterocycles. The van der Waals surface area contributed by atoms with Gasteiger partial charge in [-0.1, -0.05) is 0 Å². The molecule has 0 amide bonds. The van der Waals surface area contributed by atoms with E-state index >= 15 is 0 Å². The lowest BCUT2D eigenvalue weighted by Gasteiger charge is -2.07. The van der Waals surface area contributed by atoms with Gasteiger partial charge in [-0.15, -0.1) is 0 Å². The number of fused-ring (bicyclic) bond motifs is 1. The quantitative estimate of drug-likeness (QED) is 0.669. The highest BCUT2D eigenvalue weighted by molar-refractivity contribution is 7.07. The van der Waals surface area contributed by atoms with E-state index < -0.39 is 0 Å². The normalized spacial score (nSPS) is 10.7. The van der Waals surface area contributed by atoms with Crippen LogP contribution in [0.25, 0.3) is 11.0 Å². The number of thiophene rings is 1. The van der Waals surface area contributed by atoms with Crippen LogP contribution in [0.5, 0.6) is 0 Å². The van der Waals surface area contributed by atoms with Crippen LogP contribution in [-0.2, 0) is 6.54 Å². The maximum Gasteiger partial charge on any atom is 0.226 e. The van der Waals surface area contributed by atoms with E-state index in [4.69, 9.17) is 0 Å². The van der Waals surface area contributed by atoms with Gasteiger partial charge in [0.2, 0.25) is 5.95 Å². The number of nitrogens with one attached hydrogen (secondary N) is 3. The summed E-state index contributed by atoms with van der Waals surface area (Å²) in [6, 6.07) is 2.09. The first kappa shape index (κ1) is 11.0. The van der Waals surface area contributed by atoms with Gasteiger partial charge < -0.3 is 10.6 Å². The van der Waals surface area contributed by atoms with Crippen LogP contribution in [0.2, 0.25) is 0 Å². The number of hydrogen-bond donors (Lipinski definition) is 3. The monoisotopic (exact) mass is 260 g/mol. The molecule has 0 spiro atoms. The molecule has 0 aliphatic carbocycles. The third-order valence-corrected chi connectivity index (χ3v) is 3.31. The summed E-state index contributed by atoms with van der Waals surface area (Å²) in [6.07, 6.45) is 1.73. The molecule has 0 saturated heterocycles. The van der Waals surface area contributed by atoms with Crippen molar-refractivity contribution in [3.8, 4) is 0 Å². The van der Waals surface area contributed by atoms with Crippen molar-refractivity contribution in [2.24, 2.45) is 0 Å². The molecule has 3 N–H and O–H groups in total. The number of hydrogen-bond acceptors (Lipinski definition) is 6. The highest BCUT2D eigenvalue weighted by Crippen LogP contribution is 2.20. The minimum absolute atomic E-state index is 0.569. The predicted molar refractivity (Wildman–Crippen MR) is 72.9 cm³/mol. The van der Waals surface area contributed by atoms with Crippen LogP contribution in [0.3, 0.4) is 0 Å². The molecule has 3 aromatic heterocycles. The summed E-state index contributed by atoms with van der Waals surface area (Å²) >= 11 is 1.68. The first-order valence-corrected chi connectivity index (χ1v) is 6.45. The fraction of sp³-hybridized carbons (Fsp3) is 0.182. The SMILES string of the molecule is CNc1nc(NCc2ccsc2)c2cn[nH]c2n1. The van der Waals surface area contributed by atoms with Crippen LogP contribution < -0.4 is 10.6 Å². The Labute approximate surface area is 107 Å². The average Bonchev–Trinajstić information content (AvgIpc) is 3.06. The maximum atomic E-state index is 4.40.